The quantitative estimate of drug-likeness (QED) is 0.904. The largest absolute Gasteiger partial charge is 0.478 e. The second-order valence-corrected chi connectivity index (χ2v) is 5.89. The van der Waals surface area contributed by atoms with Crippen LogP contribution in [0.25, 0.3) is 11.0 Å². The second kappa shape index (κ2) is 3.76. The minimum absolute atomic E-state index is 0.215. The van der Waals surface area contributed by atoms with E-state index in [0.717, 1.165) is 18.9 Å². The molecule has 2 aromatic rings. The molecule has 1 aromatic heterocycles. The molecule has 19 heavy (non-hydrogen) atoms. The Balaban J connectivity index is 2.07. The van der Waals surface area contributed by atoms with Crippen LogP contribution in [0.4, 0.5) is 4.39 Å². The summed E-state index contributed by atoms with van der Waals surface area (Å²) in [5.41, 5.74) is 0.916. The van der Waals surface area contributed by atoms with Crippen LogP contribution in [0.15, 0.2) is 12.1 Å². The molecule has 1 aromatic carbocycles. The first-order chi connectivity index (χ1) is 8.87. The van der Waals surface area contributed by atoms with Crippen molar-refractivity contribution in [2.45, 2.75) is 32.7 Å². The highest BCUT2D eigenvalue weighted by Gasteiger charge is 2.38. The molecule has 5 nitrogen and oxygen atoms in total. The number of halogens is 1. The van der Waals surface area contributed by atoms with Gasteiger partial charge in [-0.15, -0.1) is 5.10 Å². The van der Waals surface area contributed by atoms with Crippen LogP contribution in [0.3, 0.4) is 0 Å². The summed E-state index contributed by atoms with van der Waals surface area (Å²) in [7, 11) is 0. The molecule has 1 heterocycles. The predicted molar refractivity (Wildman–Crippen MR) is 66.5 cm³/mol. The van der Waals surface area contributed by atoms with Crippen molar-refractivity contribution in [2.24, 2.45) is 5.41 Å². The second-order valence-electron chi connectivity index (χ2n) is 5.89. The molecule has 0 unspecified atom stereocenters. The van der Waals surface area contributed by atoms with Crippen LogP contribution in [0, 0.1) is 11.2 Å². The molecule has 1 aliphatic rings. The summed E-state index contributed by atoms with van der Waals surface area (Å²) in [4.78, 5) is 11.0. The van der Waals surface area contributed by atoms with Gasteiger partial charge in [0, 0.05) is 6.07 Å². The maximum atomic E-state index is 13.5. The highest BCUT2D eigenvalue weighted by Crippen LogP contribution is 2.48. The summed E-state index contributed by atoms with van der Waals surface area (Å²) in [6.07, 6.45) is 1.93. The van der Waals surface area contributed by atoms with Gasteiger partial charge in [0.05, 0.1) is 17.1 Å². The molecular formula is C13H14FN3O2. The minimum Gasteiger partial charge on any atom is -0.478 e. The lowest BCUT2D eigenvalue weighted by Gasteiger charge is -2.42. The van der Waals surface area contributed by atoms with Crippen LogP contribution in [-0.2, 0) is 0 Å². The van der Waals surface area contributed by atoms with Gasteiger partial charge in [0.25, 0.3) is 0 Å². The highest BCUT2D eigenvalue weighted by molar-refractivity contribution is 5.92. The Bertz CT molecular complexity index is 670. The van der Waals surface area contributed by atoms with Gasteiger partial charge in [0.15, 0.2) is 0 Å². The van der Waals surface area contributed by atoms with E-state index in [1.165, 1.54) is 6.07 Å². The van der Waals surface area contributed by atoms with Gasteiger partial charge in [-0.3, -0.25) is 0 Å². The van der Waals surface area contributed by atoms with Gasteiger partial charge in [-0.2, -0.15) is 0 Å². The summed E-state index contributed by atoms with van der Waals surface area (Å²) < 4.78 is 15.3. The third kappa shape index (κ3) is 1.87. The fourth-order valence-electron chi connectivity index (χ4n) is 2.78. The number of benzene rings is 1. The van der Waals surface area contributed by atoms with E-state index in [0.29, 0.717) is 11.0 Å². The molecule has 6 heteroatoms. The zero-order valence-corrected chi connectivity index (χ0v) is 10.7. The van der Waals surface area contributed by atoms with Crippen molar-refractivity contribution < 1.29 is 14.3 Å². The number of fused-ring (bicyclic) bond motifs is 1. The van der Waals surface area contributed by atoms with Gasteiger partial charge in [0.1, 0.15) is 11.3 Å². The summed E-state index contributed by atoms with van der Waals surface area (Å²) >= 11 is 0. The van der Waals surface area contributed by atoms with Crippen LogP contribution < -0.4 is 0 Å². The van der Waals surface area contributed by atoms with E-state index in [1.807, 2.05) is 0 Å². The Morgan fingerprint density at radius 3 is 2.74 bits per heavy atom. The van der Waals surface area contributed by atoms with Gasteiger partial charge in [-0.25, -0.2) is 13.9 Å². The lowest BCUT2D eigenvalue weighted by Crippen LogP contribution is -2.34. The molecule has 0 bridgehead atoms. The number of carboxylic acids is 1. The van der Waals surface area contributed by atoms with E-state index < -0.39 is 11.8 Å². The van der Waals surface area contributed by atoms with Crippen LogP contribution >= 0.6 is 0 Å². The molecule has 3 rings (SSSR count). The lowest BCUT2D eigenvalue weighted by molar-refractivity contribution is 0.0691. The average molecular weight is 263 g/mol. The normalized spacial score (nSPS) is 18.5. The number of aromatic nitrogens is 3. The van der Waals surface area contributed by atoms with E-state index in [4.69, 9.17) is 5.11 Å². The molecule has 0 spiro atoms. The van der Waals surface area contributed by atoms with Crippen molar-refractivity contribution in [3.63, 3.8) is 0 Å². The van der Waals surface area contributed by atoms with Crippen molar-refractivity contribution >= 4 is 17.0 Å². The van der Waals surface area contributed by atoms with Crippen LogP contribution in [0.1, 0.15) is 43.1 Å². The summed E-state index contributed by atoms with van der Waals surface area (Å²) in [5, 5.41) is 16.9. The van der Waals surface area contributed by atoms with E-state index in [2.05, 4.69) is 24.2 Å². The zero-order chi connectivity index (χ0) is 13.8. The summed E-state index contributed by atoms with van der Waals surface area (Å²) in [6, 6.07) is 2.66. The first-order valence-corrected chi connectivity index (χ1v) is 6.15. The summed E-state index contributed by atoms with van der Waals surface area (Å²) in [5.74, 6) is -2.05. The van der Waals surface area contributed by atoms with Crippen molar-refractivity contribution in [3.8, 4) is 0 Å². The first-order valence-electron chi connectivity index (χ1n) is 6.15. The molecule has 1 aliphatic carbocycles. The number of carboxylic acid groups (broad SMARTS) is 1. The molecule has 0 amide bonds. The number of nitrogens with zero attached hydrogens (tertiary/aromatic N) is 3. The molecule has 1 fully saturated rings. The number of rotatable bonds is 2. The minimum atomic E-state index is -1.28. The van der Waals surface area contributed by atoms with Gasteiger partial charge in [0.2, 0.25) is 0 Å². The van der Waals surface area contributed by atoms with Gasteiger partial charge < -0.3 is 5.11 Å². The lowest BCUT2D eigenvalue weighted by atomic mass is 9.68. The fourth-order valence-corrected chi connectivity index (χ4v) is 2.78. The molecule has 1 saturated carbocycles. The van der Waals surface area contributed by atoms with Crippen molar-refractivity contribution in [3.05, 3.63) is 23.5 Å². The van der Waals surface area contributed by atoms with Crippen LogP contribution in [0.5, 0.6) is 0 Å². The van der Waals surface area contributed by atoms with Crippen molar-refractivity contribution in [2.75, 3.05) is 0 Å². The maximum Gasteiger partial charge on any atom is 0.338 e. The highest BCUT2D eigenvalue weighted by atomic mass is 19.1. The van der Waals surface area contributed by atoms with Crippen molar-refractivity contribution in [1.29, 1.82) is 0 Å². The molecule has 0 aliphatic heterocycles. The third-order valence-electron chi connectivity index (χ3n) is 3.71. The Morgan fingerprint density at radius 1 is 1.47 bits per heavy atom. The van der Waals surface area contributed by atoms with E-state index in [9.17, 15) is 9.18 Å². The smallest absolute Gasteiger partial charge is 0.338 e. The average Bonchev–Trinajstić information content (AvgIpc) is 2.66. The van der Waals surface area contributed by atoms with Crippen LogP contribution in [-0.4, -0.2) is 26.1 Å². The number of hydrogen-bond donors (Lipinski definition) is 1. The molecule has 1 N–H and O–H groups in total. The molecule has 100 valence electrons. The number of carbonyl (C=O) groups is 1. The fraction of sp³-hybridized carbons (Fsp3) is 0.462. The molecule has 0 radical (unpaired) electrons. The molecule has 0 saturated heterocycles. The first kappa shape index (κ1) is 12.1. The van der Waals surface area contributed by atoms with Gasteiger partial charge in [-0.05, 0) is 24.3 Å². The van der Waals surface area contributed by atoms with Gasteiger partial charge in [-0.1, -0.05) is 19.1 Å². The Kier molecular flexibility index (Phi) is 2.39. The Labute approximate surface area is 109 Å². The maximum absolute atomic E-state index is 13.5. The summed E-state index contributed by atoms with van der Waals surface area (Å²) in [6.45, 7) is 4.34. The topological polar surface area (TPSA) is 68.0 Å². The molecule has 0 atom stereocenters. The Morgan fingerprint density at radius 2 is 2.16 bits per heavy atom. The predicted octanol–water partition coefficient (Wildman–Crippen LogP) is 2.63. The van der Waals surface area contributed by atoms with Crippen molar-refractivity contribution in [1.82, 2.24) is 15.0 Å². The van der Waals surface area contributed by atoms with E-state index in [-0.39, 0.29) is 17.0 Å². The Hall–Kier alpha value is -1.98. The number of aromatic carboxylic acids is 1. The third-order valence-corrected chi connectivity index (χ3v) is 3.71. The standard InChI is InChI=1S/C13H14FN3O2/c1-13(2)5-7(6-13)17-11-3-8(12(18)19)9(14)4-10(11)15-16-17/h3-4,7H,5-6H2,1-2H3,(H,18,19). The van der Waals surface area contributed by atoms with E-state index in [1.54, 1.807) is 4.68 Å². The monoisotopic (exact) mass is 263 g/mol. The number of hydrogen-bond acceptors (Lipinski definition) is 3. The zero-order valence-electron chi connectivity index (χ0n) is 10.7. The SMILES string of the molecule is CC1(C)CC(n2nnc3cc(F)c(C(=O)O)cc32)C1. The van der Waals surface area contributed by atoms with Gasteiger partial charge >= 0.3 is 5.97 Å². The van der Waals surface area contributed by atoms with E-state index >= 15 is 0 Å². The van der Waals surface area contributed by atoms with Crippen LogP contribution in [0.2, 0.25) is 0 Å². The molecular weight excluding hydrogens is 249 g/mol.